The van der Waals surface area contributed by atoms with Gasteiger partial charge in [-0.1, -0.05) is 40.5 Å². The minimum atomic E-state index is -0.0667. The van der Waals surface area contributed by atoms with Gasteiger partial charge in [0.15, 0.2) is 0 Å². The highest BCUT2D eigenvalue weighted by Crippen LogP contribution is 2.51. The quantitative estimate of drug-likeness (QED) is 0.673. The maximum absolute atomic E-state index is 5.03. The summed E-state index contributed by atoms with van der Waals surface area (Å²) in [4.78, 5) is 5.03. The lowest BCUT2D eigenvalue weighted by atomic mass is 9.97. The first-order valence-electron chi connectivity index (χ1n) is 8.21. The number of amidine groups is 1. The van der Waals surface area contributed by atoms with Crippen molar-refractivity contribution in [2.24, 2.45) is 10.9 Å². The Morgan fingerprint density at radius 2 is 1.63 bits per heavy atom. The molecule has 0 aromatic heterocycles. The molecule has 0 amide bonds. The van der Waals surface area contributed by atoms with Gasteiger partial charge >= 0.3 is 0 Å². The minimum absolute atomic E-state index is 0.0667. The van der Waals surface area contributed by atoms with Gasteiger partial charge in [0.2, 0.25) is 0 Å². The summed E-state index contributed by atoms with van der Waals surface area (Å²) < 4.78 is 2.77. The molecule has 0 radical (unpaired) electrons. The molecule has 0 bridgehead atoms. The SMILES string of the molecule is CC(C)P(C(C)C)N1CCCCC2CCCCN=C21. The second-order valence-corrected chi connectivity index (χ2v) is 9.93. The van der Waals surface area contributed by atoms with Crippen molar-refractivity contribution in [2.75, 3.05) is 13.1 Å². The van der Waals surface area contributed by atoms with Crippen molar-refractivity contribution in [1.82, 2.24) is 4.67 Å². The van der Waals surface area contributed by atoms with Gasteiger partial charge < -0.3 is 4.67 Å². The zero-order valence-corrected chi connectivity index (χ0v) is 14.1. The fourth-order valence-corrected chi connectivity index (χ4v) is 6.82. The van der Waals surface area contributed by atoms with E-state index in [1.807, 2.05) is 0 Å². The van der Waals surface area contributed by atoms with E-state index in [9.17, 15) is 0 Å². The summed E-state index contributed by atoms with van der Waals surface area (Å²) in [5, 5.41) is 0. The second-order valence-electron chi connectivity index (χ2n) is 6.62. The summed E-state index contributed by atoms with van der Waals surface area (Å²) in [6, 6.07) is 0. The Kier molecular flexibility index (Phi) is 5.69. The van der Waals surface area contributed by atoms with Crippen LogP contribution in [0, 0.1) is 5.92 Å². The number of nitrogens with zero attached hydrogens (tertiary/aromatic N) is 2. The largest absolute Gasteiger partial charge is 0.339 e. The number of hydrogen-bond donors (Lipinski definition) is 0. The molecule has 0 spiro atoms. The lowest BCUT2D eigenvalue weighted by Crippen LogP contribution is -2.35. The number of fused-ring (bicyclic) bond motifs is 1. The Hall–Kier alpha value is -0.100. The fraction of sp³-hybridized carbons (Fsp3) is 0.938. The molecule has 2 rings (SSSR count). The van der Waals surface area contributed by atoms with Crippen LogP contribution in [-0.4, -0.2) is 34.9 Å². The van der Waals surface area contributed by atoms with E-state index in [0.717, 1.165) is 23.8 Å². The summed E-state index contributed by atoms with van der Waals surface area (Å²) in [7, 11) is -0.0667. The molecule has 2 aliphatic rings. The van der Waals surface area contributed by atoms with Crippen LogP contribution in [0.3, 0.4) is 0 Å². The molecule has 0 aromatic carbocycles. The molecule has 0 aromatic rings. The molecule has 110 valence electrons. The predicted octanol–water partition coefficient (Wildman–Crippen LogP) is 4.88. The predicted molar refractivity (Wildman–Crippen MR) is 87.4 cm³/mol. The van der Waals surface area contributed by atoms with E-state index in [2.05, 4.69) is 32.4 Å². The topological polar surface area (TPSA) is 15.6 Å². The molecule has 19 heavy (non-hydrogen) atoms. The van der Waals surface area contributed by atoms with E-state index in [-0.39, 0.29) is 8.07 Å². The van der Waals surface area contributed by atoms with Crippen LogP contribution < -0.4 is 0 Å². The van der Waals surface area contributed by atoms with Crippen molar-refractivity contribution < 1.29 is 0 Å². The van der Waals surface area contributed by atoms with Crippen LogP contribution in [0.15, 0.2) is 4.99 Å². The first-order valence-corrected chi connectivity index (χ1v) is 9.64. The van der Waals surface area contributed by atoms with Gasteiger partial charge in [0, 0.05) is 19.0 Å². The summed E-state index contributed by atoms with van der Waals surface area (Å²) >= 11 is 0. The highest BCUT2D eigenvalue weighted by atomic mass is 31.1. The van der Waals surface area contributed by atoms with Gasteiger partial charge in [-0.3, -0.25) is 4.99 Å². The highest BCUT2D eigenvalue weighted by Gasteiger charge is 2.33. The van der Waals surface area contributed by atoms with Crippen molar-refractivity contribution in [1.29, 1.82) is 0 Å². The molecule has 0 N–H and O–H groups in total. The molecule has 0 saturated carbocycles. The van der Waals surface area contributed by atoms with Gasteiger partial charge in [-0.15, -0.1) is 0 Å². The normalized spacial score (nSPS) is 25.3. The van der Waals surface area contributed by atoms with Crippen molar-refractivity contribution in [3.8, 4) is 0 Å². The average molecular weight is 282 g/mol. The van der Waals surface area contributed by atoms with E-state index < -0.39 is 0 Å². The average Bonchev–Trinajstić information content (AvgIpc) is 2.65. The zero-order chi connectivity index (χ0) is 13.8. The van der Waals surface area contributed by atoms with Crippen LogP contribution in [-0.2, 0) is 0 Å². The molecule has 1 atom stereocenters. The van der Waals surface area contributed by atoms with E-state index in [0.29, 0.717) is 0 Å². The van der Waals surface area contributed by atoms with Crippen molar-refractivity contribution in [3.05, 3.63) is 0 Å². The Bertz CT molecular complexity index is 304. The van der Waals surface area contributed by atoms with Crippen molar-refractivity contribution in [2.45, 2.75) is 77.5 Å². The van der Waals surface area contributed by atoms with E-state index in [1.165, 1.54) is 50.9 Å². The first-order chi connectivity index (χ1) is 9.11. The molecule has 2 aliphatic heterocycles. The maximum Gasteiger partial charge on any atom is 0.105 e. The van der Waals surface area contributed by atoms with Gasteiger partial charge in [0.1, 0.15) is 5.84 Å². The molecule has 0 aliphatic carbocycles. The van der Waals surface area contributed by atoms with Gasteiger partial charge in [0.05, 0.1) is 0 Å². The van der Waals surface area contributed by atoms with E-state index in [1.54, 1.807) is 0 Å². The van der Waals surface area contributed by atoms with E-state index in [4.69, 9.17) is 4.99 Å². The van der Waals surface area contributed by atoms with Crippen LogP contribution in [0.1, 0.15) is 66.2 Å². The van der Waals surface area contributed by atoms with Crippen LogP contribution in [0.25, 0.3) is 0 Å². The summed E-state index contributed by atoms with van der Waals surface area (Å²) in [6.45, 7) is 12.0. The third-order valence-electron chi connectivity index (χ3n) is 4.37. The smallest absolute Gasteiger partial charge is 0.105 e. The zero-order valence-electron chi connectivity index (χ0n) is 13.2. The number of hydrogen-bond acceptors (Lipinski definition) is 2. The molecule has 2 nitrogen and oxygen atoms in total. The molecule has 2 heterocycles. The summed E-state index contributed by atoms with van der Waals surface area (Å²) in [5.74, 6) is 2.27. The summed E-state index contributed by atoms with van der Waals surface area (Å²) in [5.41, 5.74) is 1.56. The first kappa shape index (κ1) is 15.3. The van der Waals surface area contributed by atoms with Gasteiger partial charge in [-0.25, -0.2) is 0 Å². The maximum atomic E-state index is 5.03. The highest BCUT2D eigenvalue weighted by molar-refractivity contribution is 7.57. The van der Waals surface area contributed by atoms with Crippen LogP contribution in [0.4, 0.5) is 0 Å². The van der Waals surface area contributed by atoms with Crippen LogP contribution in [0.5, 0.6) is 0 Å². The molecular formula is C16H31N2P. The van der Waals surface area contributed by atoms with Gasteiger partial charge in [-0.2, -0.15) is 0 Å². The Morgan fingerprint density at radius 1 is 1.00 bits per heavy atom. The van der Waals surface area contributed by atoms with Gasteiger partial charge in [0.25, 0.3) is 0 Å². The van der Waals surface area contributed by atoms with Crippen LogP contribution in [0.2, 0.25) is 0 Å². The Morgan fingerprint density at radius 3 is 2.26 bits per heavy atom. The standard InChI is InChI=1S/C16H31N2P/c1-13(2)19(14(3)4)18-12-8-6-10-15-9-5-7-11-17-16(15)18/h13-15H,5-12H2,1-4H3. The third kappa shape index (κ3) is 3.72. The molecular weight excluding hydrogens is 251 g/mol. The van der Waals surface area contributed by atoms with Crippen molar-refractivity contribution >= 4 is 13.9 Å². The fourth-order valence-electron chi connectivity index (χ4n) is 3.67. The lowest BCUT2D eigenvalue weighted by molar-refractivity contribution is 0.538. The molecule has 1 unspecified atom stereocenters. The number of aliphatic imine (C=N–C) groups is 1. The number of rotatable bonds is 3. The van der Waals surface area contributed by atoms with Gasteiger partial charge in [-0.05, 0) is 45.1 Å². The second kappa shape index (κ2) is 7.07. The lowest BCUT2D eigenvalue weighted by Gasteiger charge is -2.40. The Labute approximate surface area is 120 Å². The summed E-state index contributed by atoms with van der Waals surface area (Å²) in [6.07, 6.45) is 8.22. The molecule has 3 heteroatoms. The molecule has 1 fully saturated rings. The Balaban J connectivity index is 2.26. The molecule has 1 saturated heterocycles. The van der Waals surface area contributed by atoms with Crippen molar-refractivity contribution in [3.63, 3.8) is 0 Å². The van der Waals surface area contributed by atoms with E-state index >= 15 is 0 Å². The monoisotopic (exact) mass is 282 g/mol. The van der Waals surface area contributed by atoms with Crippen LogP contribution >= 0.6 is 8.07 Å². The third-order valence-corrected chi connectivity index (χ3v) is 7.45. The minimum Gasteiger partial charge on any atom is -0.339 e.